The molecule has 0 fully saturated rings. The zero-order chi connectivity index (χ0) is 15.0. The molecule has 0 heterocycles. The number of alkyl halides is 4. The van der Waals surface area contributed by atoms with Crippen LogP contribution in [-0.4, -0.2) is 5.38 Å². The van der Waals surface area contributed by atoms with Crippen molar-refractivity contribution in [3.8, 4) is 0 Å². The molecule has 2 aromatic carbocycles. The van der Waals surface area contributed by atoms with E-state index >= 15 is 0 Å². The van der Waals surface area contributed by atoms with E-state index in [2.05, 4.69) is 5.32 Å². The van der Waals surface area contributed by atoms with Gasteiger partial charge in [0.25, 0.3) is 0 Å². The van der Waals surface area contributed by atoms with E-state index in [1.165, 1.54) is 12.1 Å². The molecule has 0 aromatic heterocycles. The molecule has 5 heteroatoms. The molecular weight excluding hydrogens is 299 g/mol. The predicted octanol–water partition coefficient (Wildman–Crippen LogP) is 5.02. The lowest BCUT2D eigenvalue weighted by atomic mass is 10.1. The molecule has 0 bridgehead atoms. The van der Waals surface area contributed by atoms with Crippen LogP contribution in [0.2, 0.25) is 0 Å². The van der Waals surface area contributed by atoms with Gasteiger partial charge in [-0.1, -0.05) is 36.4 Å². The lowest BCUT2D eigenvalue weighted by Crippen LogP contribution is -2.19. The lowest BCUT2D eigenvalue weighted by Gasteiger charge is -2.22. The normalized spacial score (nSPS) is 21.1. The summed E-state index contributed by atoms with van der Waals surface area (Å²) in [5, 5.41) is 2.71. The molecule has 2 aromatic rings. The Hall–Kier alpha value is -1.68. The predicted molar refractivity (Wildman–Crippen MR) is 77.6 cm³/mol. The van der Waals surface area contributed by atoms with Gasteiger partial charge in [0.05, 0.1) is 17.0 Å². The van der Waals surface area contributed by atoms with Crippen LogP contribution in [-0.2, 0) is 12.6 Å². The van der Waals surface area contributed by atoms with Gasteiger partial charge in [0.2, 0.25) is 0 Å². The highest BCUT2D eigenvalue weighted by Crippen LogP contribution is 2.40. The Bertz CT molecular complexity index is 654. The molecule has 0 saturated heterocycles. The van der Waals surface area contributed by atoms with Crippen LogP contribution >= 0.6 is 11.6 Å². The van der Waals surface area contributed by atoms with Crippen molar-refractivity contribution in [3.05, 3.63) is 65.2 Å². The van der Waals surface area contributed by atoms with Crippen LogP contribution < -0.4 is 5.32 Å². The molecule has 0 radical (unpaired) electrons. The monoisotopic (exact) mass is 311 g/mol. The highest BCUT2D eigenvalue weighted by Gasteiger charge is 2.36. The van der Waals surface area contributed by atoms with Crippen molar-refractivity contribution in [2.24, 2.45) is 0 Å². The molecule has 1 aliphatic carbocycles. The van der Waals surface area contributed by atoms with Gasteiger partial charge in [-0.3, -0.25) is 0 Å². The fourth-order valence-electron chi connectivity index (χ4n) is 2.74. The first-order chi connectivity index (χ1) is 9.97. The minimum absolute atomic E-state index is 0.0670. The lowest BCUT2D eigenvalue weighted by molar-refractivity contribution is -0.137. The van der Waals surface area contributed by atoms with Gasteiger partial charge < -0.3 is 5.32 Å². The zero-order valence-corrected chi connectivity index (χ0v) is 11.7. The minimum Gasteiger partial charge on any atom is -0.376 e. The van der Waals surface area contributed by atoms with Gasteiger partial charge in [-0.05, 0) is 29.7 Å². The number of para-hydroxylation sites is 1. The molecule has 0 amide bonds. The second kappa shape index (κ2) is 5.26. The van der Waals surface area contributed by atoms with E-state index in [0.29, 0.717) is 6.42 Å². The highest BCUT2D eigenvalue weighted by molar-refractivity contribution is 6.21. The van der Waals surface area contributed by atoms with E-state index in [9.17, 15) is 13.2 Å². The van der Waals surface area contributed by atoms with Gasteiger partial charge in [0.15, 0.2) is 0 Å². The number of fused-ring (bicyclic) bond motifs is 1. The Morgan fingerprint density at radius 3 is 2.43 bits per heavy atom. The first kappa shape index (κ1) is 14.3. The zero-order valence-electron chi connectivity index (χ0n) is 11.0. The van der Waals surface area contributed by atoms with Gasteiger partial charge >= 0.3 is 6.18 Å². The highest BCUT2D eigenvalue weighted by atomic mass is 35.5. The third kappa shape index (κ3) is 2.72. The van der Waals surface area contributed by atoms with Crippen LogP contribution in [0.5, 0.6) is 0 Å². The van der Waals surface area contributed by atoms with E-state index in [1.54, 1.807) is 6.07 Å². The minimum atomic E-state index is -4.39. The second-order valence-corrected chi connectivity index (χ2v) is 5.64. The fraction of sp³-hybridized carbons (Fsp3) is 0.250. The maximum atomic E-state index is 13.0. The molecule has 3 rings (SSSR count). The molecule has 1 aliphatic rings. The molecule has 0 saturated carbocycles. The third-order valence-corrected chi connectivity index (χ3v) is 4.12. The van der Waals surface area contributed by atoms with E-state index in [-0.39, 0.29) is 17.1 Å². The molecule has 110 valence electrons. The Balaban J connectivity index is 1.95. The number of anilines is 1. The summed E-state index contributed by atoms with van der Waals surface area (Å²) in [6.07, 6.45) is -3.73. The van der Waals surface area contributed by atoms with Crippen molar-refractivity contribution in [2.45, 2.75) is 24.0 Å². The summed E-state index contributed by atoms with van der Waals surface area (Å²) in [7, 11) is 0. The molecular formula is C16H13ClF3N. The maximum Gasteiger partial charge on any atom is 0.418 e. The second-order valence-electron chi connectivity index (χ2n) is 5.08. The topological polar surface area (TPSA) is 12.0 Å². The molecule has 1 N–H and O–H groups in total. The number of nitrogens with one attached hydrogen (secondary N) is 1. The Morgan fingerprint density at radius 1 is 1.00 bits per heavy atom. The Morgan fingerprint density at radius 2 is 1.67 bits per heavy atom. The van der Waals surface area contributed by atoms with E-state index < -0.39 is 11.7 Å². The summed E-state index contributed by atoms with van der Waals surface area (Å²) in [5.74, 6) is 0. The molecule has 2 atom stereocenters. The van der Waals surface area contributed by atoms with E-state index in [0.717, 1.165) is 17.2 Å². The van der Waals surface area contributed by atoms with Crippen molar-refractivity contribution in [3.63, 3.8) is 0 Å². The first-order valence-corrected chi connectivity index (χ1v) is 7.05. The van der Waals surface area contributed by atoms with Crippen LogP contribution in [0, 0.1) is 0 Å². The number of benzene rings is 2. The quantitative estimate of drug-likeness (QED) is 0.768. The molecule has 1 nitrogen and oxygen atoms in total. The Kier molecular flexibility index (Phi) is 3.57. The standard InChI is InChI=1S/C16H13ClF3N/c17-13-9-10-5-1-2-6-11(10)15(13)21-14-8-4-3-7-12(14)16(18,19)20/h1-8,13,15,21H,9H2. The van der Waals surface area contributed by atoms with Crippen molar-refractivity contribution in [1.82, 2.24) is 0 Å². The third-order valence-electron chi connectivity index (χ3n) is 3.71. The maximum absolute atomic E-state index is 13.0. The molecule has 0 aliphatic heterocycles. The summed E-state index contributed by atoms with van der Waals surface area (Å²) < 4.78 is 39.1. The van der Waals surface area contributed by atoms with Gasteiger partial charge in [-0.25, -0.2) is 0 Å². The summed E-state index contributed by atoms with van der Waals surface area (Å²) >= 11 is 6.32. The van der Waals surface area contributed by atoms with Crippen LogP contribution in [0.25, 0.3) is 0 Å². The van der Waals surface area contributed by atoms with Crippen LogP contribution in [0.4, 0.5) is 18.9 Å². The van der Waals surface area contributed by atoms with Crippen LogP contribution in [0.15, 0.2) is 48.5 Å². The number of hydrogen-bond acceptors (Lipinski definition) is 1. The number of rotatable bonds is 2. The largest absolute Gasteiger partial charge is 0.418 e. The summed E-state index contributed by atoms with van der Waals surface area (Å²) in [4.78, 5) is 0. The van der Waals surface area contributed by atoms with E-state index in [4.69, 9.17) is 11.6 Å². The summed E-state index contributed by atoms with van der Waals surface area (Å²) in [6, 6.07) is 12.8. The first-order valence-electron chi connectivity index (χ1n) is 6.61. The van der Waals surface area contributed by atoms with Crippen LogP contribution in [0.3, 0.4) is 0 Å². The van der Waals surface area contributed by atoms with Crippen molar-refractivity contribution < 1.29 is 13.2 Å². The van der Waals surface area contributed by atoms with Crippen molar-refractivity contribution in [2.75, 3.05) is 5.32 Å². The van der Waals surface area contributed by atoms with Gasteiger partial charge in [-0.2, -0.15) is 13.2 Å². The average molecular weight is 312 g/mol. The Labute approximate surface area is 125 Å². The van der Waals surface area contributed by atoms with Gasteiger partial charge in [-0.15, -0.1) is 11.6 Å². The van der Waals surface area contributed by atoms with Gasteiger partial charge in [0.1, 0.15) is 0 Å². The molecule has 0 spiro atoms. The van der Waals surface area contributed by atoms with Crippen molar-refractivity contribution in [1.29, 1.82) is 0 Å². The summed E-state index contributed by atoms with van der Waals surface area (Å²) in [5.41, 5.74) is 1.45. The van der Waals surface area contributed by atoms with Crippen molar-refractivity contribution >= 4 is 17.3 Å². The van der Waals surface area contributed by atoms with Gasteiger partial charge in [0, 0.05) is 5.69 Å². The summed E-state index contributed by atoms with van der Waals surface area (Å²) in [6.45, 7) is 0. The molecule has 21 heavy (non-hydrogen) atoms. The number of hydrogen-bond donors (Lipinski definition) is 1. The SMILES string of the molecule is FC(F)(F)c1ccccc1NC1c2ccccc2CC1Cl. The smallest absolute Gasteiger partial charge is 0.376 e. The number of halogens is 4. The van der Waals surface area contributed by atoms with E-state index in [1.807, 2.05) is 24.3 Å². The fourth-order valence-corrected chi connectivity index (χ4v) is 3.10. The van der Waals surface area contributed by atoms with Crippen LogP contribution in [0.1, 0.15) is 22.7 Å². The average Bonchev–Trinajstić information content (AvgIpc) is 2.75. The molecule has 2 unspecified atom stereocenters.